The molecule has 2 atom stereocenters. The lowest BCUT2D eigenvalue weighted by Crippen LogP contribution is -2.35. The molecule has 118 valence electrons. The third kappa shape index (κ3) is 4.46. The first kappa shape index (κ1) is 16.3. The normalized spacial score (nSPS) is 18.9. The summed E-state index contributed by atoms with van der Waals surface area (Å²) >= 11 is 0. The Bertz CT molecular complexity index is 450. The van der Waals surface area contributed by atoms with Gasteiger partial charge in [0.05, 0.1) is 18.8 Å². The second-order valence-electron chi connectivity index (χ2n) is 5.70. The predicted molar refractivity (Wildman–Crippen MR) is 76.9 cm³/mol. The minimum atomic E-state index is -0.869. The van der Waals surface area contributed by atoms with Gasteiger partial charge in [-0.2, -0.15) is 0 Å². The van der Waals surface area contributed by atoms with E-state index in [9.17, 15) is 13.9 Å². The third-order valence-corrected chi connectivity index (χ3v) is 4.20. The van der Waals surface area contributed by atoms with Crippen LogP contribution in [0.2, 0.25) is 0 Å². The number of aliphatic hydroxyl groups is 1. The van der Waals surface area contributed by atoms with Gasteiger partial charge in [-0.25, -0.2) is 8.78 Å². The van der Waals surface area contributed by atoms with E-state index in [4.69, 9.17) is 4.74 Å². The highest BCUT2D eigenvalue weighted by Gasteiger charge is 2.24. The largest absolute Gasteiger partial charge is 0.392 e. The Hall–Kier alpha value is -1.04. The molecule has 0 aromatic heterocycles. The summed E-state index contributed by atoms with van der Waals surface area (Å²) in [5.74, 6) is -1.39. The molecule has 21 heavy (non-hydrogen) atoms. The summed E-state index contributed by atoms with van der Waals surface area (Å²) in [6, 6.07) is 3.56. The zero-order chi connectivity index (χ0) is 15.2. The monoisotopic (exact) mass is 299 g/mol. The summed E-state index contributed by atoms with van der Waals surface area (Å²) in [6.45, 7) is 0.764. The SMILES string of the molecule is COCC(NCC(O)C1CCCC1)c1ccc(F)c(F)c1. The fraction of sp³-hybridized carbons (Fsp3) is 0.625. The Balaban J connectivity index is 1.96. The fourth-order valence-electron chi connectivity index (χ4n) is 2.94. The van der Waals surface area contributed by atoms with Crippen LogP contribution in [0.25, 0.3) is 0 Å². The highest BCUT2D eigenvalue weighted by atomic mass is 19.2. The van der Waals surface area contributed by atoms with E-state index in [-0.39, 0.29) is 6.04 Å². The molecule has 3 nitrogen and oxygen atoms in total. The van der Waals surface area contributed by atoms with Crippen LogP contribution in [0.4, 0.5) is 8.78 Å². The second-order valence-corrected chi connectivity index (χ2v) is 5.70. The van der Waals surface area contributed by atoms with Gasteiger partial charge in [-0.1, -0.05) is 18.9 Å². The first-order chi connectivity index (χ1) is 10.1. The molecule has 0 aliphatic heterocycles. The van der Waals surface area contributed by atoms with Crippen LogP contribution in [0.15, 0.2) is 18.2 Å². The van der Waals surface area contributed by atoms with Gasteiger partial charge in [0.25, 0.3) is 0 Å². The molecular weight excluding hydrogens is 276 g/mol. The van der Waals surface area contributed by atoms with Crippen molar-refractivity contribution in [3.63, 3.8) is 0 Å². The van der Waals surface area contributed by atoms with Crippen LogP contribution < -0.4 is 5.32 Å². The van der Waals surface area contributed by atoms with Gasteiger partial charge in [0.15, 0.2) is 11.6 Å². The van der Waals surface area contributed by atoms with Crippen molar-refractivity contribution in [1.29, 1.82) is 0 Å². The lowest BCUT2D eigenvalue weighted by molar-refractivity contribution is 0.0966. The first-order valence-electron chi connectivity index (χ1n) is 7.47. The standard InChI is InChI=1S/C16H23F2NO2/c1-21-10-15(12-6-7-13(17)14(18)8-12)19-9-16(20)11-4-2-3-5-11/h6-8,11,15-16,19-20H,2-5,9-10H2,1H3. The lowest BCUT2D eigenvalue weighted by atomic mass is 10.00. The Morgan fingerprint density at radius 1 is 1.29 bits per heavy atom. The summed E-state index contributed by atoms with van der Waals surface area (Å²) < 4.78 is 31.5. The van der Waals surface area contributed by atoms with Gasteiger partial charge in [0, 0.05) is 13.7 Å². The molecule has 0 amide bonds. The molecule has 1 saturated carbocycles. The number of methoxy groups -OCH3 is 1. The summed E-state index contributed by atoms with van der Waals surface area (Å²) in [6.07, 6.45) is 4.06. The molecule has 0 saturated heterocycles. The van der Waals surface area contributed by atoms with Crippen LogP contribution in [-0.4, -0.2) is 31.5 Å². The van der Waals surface area contributed by atoms with Crippen LogP contribution in [0.5, 0.6) is 0 Å². The minimum absolute atomic E-state index is 0.263. The lowest BCUT2D eigenvalue weighted by Gasteiger charge is -2.23. The molecule has 1 aliphatic carbocycles. The van der Waals surface area contributed by atoms with Crippen LogP contribution in [0, 0.1) is 17.6 Å². The zero-order valence-electron chi connectivity index (χ0n) is 12.3. The molecule has 0 heterocycles. The van der Waals surface area contributed by atoms with Crippen LogP contribution in [0.1, 0.15) is 37.3 Å². The van der Waals surface area contributed by atoms with Gasteiger partial charge >= 0.3 is 0 Å². The molecule has 5 heteroatoms. The van der Waals surface area contributed by atoms with Crippen LogP contribution in [0.3, 0.4) is 0 Å². The molecule has 2 rings (SSSR count). The van der Waals surface area contributed by atoms with Crippen LogP contribution in [-0.2, 0) is 4.74 Å². The number of ether oxygens (including phenoxy) is 1. The Morgan fingerprint density at radius 3 is 2.62 bits per heavy atom. The number of rotatable bonds is 7. The highest BCUT2D eigenvalue weighted by Crippen LogP contribution is 2.27. The molecule has 1 aromatic rings. The predicted octanol–water partition coefficient (Wildman–Crippen LogP) is 2.79. The van der Waals surface area contributed by atoms with Gasteiger partial charge in [-0.15, -0.1) is 0 Å². The van der Waals surface area contributed by atoms with Gasteiger partial charge in [-0.05, 0) is 36.5 Å². The molecule has 1 aliphatic rings. The Morgan fingerprint density at radius 2 is 2.00 bits per heavy atom. The number of halogens is 2. The van der Waals surface area contributed by atoms with Gasteiger partial charge in [0.2, 0.25) is 0 Å². The number of hydrogen-bond donors (Lipinski definition) is 2. The molecule has 0 bridgehead atoms. The summed E-state index contributed by atoms with van der Waals surface area (Å²) in [5.41, 5.74) is 0.620. The summed E-state index contributed by atoms with van der Waals surface area (Å²) in [5, 5.41) is 13.4. The van der Waals surface area contributed by atoms with E-state index < -0.39 is 17.7 Å². The maximum absolute atomic E-state index is 13.3. The number of benzene rings is 1. The van der Waals surface area contributed by atoms with Gasteiger partial charge in [0.1, 0.15) is 0 Å². The minimum Gasteiger partial charge on any atom is -0.392 e. The molecule has 1 fully saturated rings. The van der Waals surface area contributed by atoms with Gasteiger partial charge in [-0.3, -0.25) is 0 Å². The van der Waals surface area contributed by atoms with Crippen LogP contribution >= 0.6 is 0 Å². The smallest absolute Gasteiger partial charge is 0.159 e. The van der Waals surface area contributed by atoms with E-state index in [1.807, 2.05) is 0 Å². The molecule has 2 N–H and O–H groups in total. The highest BCUT2D eigenvalue weighted by molar-refractivity contribution is 5.21. The van der Waals surface area contributed by atoms with E-state index in [0.29, 0.717) is 24.6 Å². The maximum Gasteiger partial charge on any atom is 0.159 e. The molecular formula is C16H23F2NO2. The number of nitrogens with one attached hydrogen (secondary N) is 1. The molecule has 0 radical (unpaired) electrons. The van der Waals surface area contributed by atoms with Crippen molar-refractivity contribution in [1.82, 2.24) is 5.32 Å². The van der Waals surface area contributed by atoms with Crippen molar-refractivity contribution in [2.45, 2.75) is 37.8 Å². The Kier molecular flexibility index (Phi) is 6.08. The van der Waals surface area contributed by atoms with E-state index in [0.717, 1.165) is 18.9 Å². The Labute approximate surface area is 124 Å². The van der Waals surface area contributed by atoms with E-state index >= 15 is 0 Å². The quantitative estimate of drug-likeness (QED) is 0.813. The molecule has 1 aromatic carbocycles. The molecule has 2 unspecified atom stereocenters. The van der Waals surface area contributed by atoms with E-state index in [1.165, 1.54) is 25.0 Å². The van der Waals surface area contributed by atoms with Gasteiger partial charge < -0.3 is 15.2 Å². The van der Waals surface area contributed by atoms with Crippen molar-refractivity contribution in [2.75, 3.05) is 20.3 Å². The second kappa shape index (κ2) is 7.82. The van der Waals surface area contributed by atoms with E-state index in [2.05, 4.69) is 5.32 Å². The number of aliphatic hydroxyl groups excluding tert-OH is 1. The van der Waals surface area contributed by atoms with E-state index in [1.54, 1.807) is 7.11 Å². The van der Waals surface area contributed by atoms with Crippen molar-refractivity contribution in [2.24, 2.45) is 5.92 Å². The summed E-state index contributed by atoms with van der Waals surface area (Å²) in [7, 11) is 1.56. The third-order valence-electron chi connectivity index (χ3n) is 4.20. The van der Waals surface area contributed by atoms with Crippen molar-refractivity contribution in [3.05, 3.63) is 35.4 Å². The average molecular weight is 299 g/mol. The zero-order valence-corrected chi connectivity index (χ0v) is 12.3. The molecule has 0 spiro atoms. The van der Waals surface area contributed by atoms with Crippen molar-refractivity contribution < 1.29 is 18.6 Å². The summed E-state index contributed by atoms with van der Waals surface area (Å²) in [4.78, 5) is 0. The van der Waals surface area contributed by atoms with Crippen molar-refractivity contribution in [3.8, 4) is 0 Å². The van der Waals surface area contributed by atoms with Crippen molar-refractivity contribution >= 4 is 0 Å². The average Bonchev–Trinajstić information content (AvgIpc) is 3.00. The number of hydrogen-bond acceptors (Lipinski definition) is 3. The maximum atomic E-state index is 13.3. The first-order valence-corrected chi connectivity index (χ1v) is 7.47. The topological polar surface area (TPSA) is 41.5 Å². The fourth-order valence-corrected chi connectivity index (χ4v) is 2.94.